The topological polar surface area (TPSA) is 75.7 Å². The van der Waals surface area contributed by atoms with Crippen LogP contribution in [-0.2, 0) is 20.9 Å². The fourth-order valence-corrected chi connectivity index (χ4v) is 5.00. The van der Waals surface area contributed by atoms with Gasteiger partial charge in [0.15, 0.2) is 0 Å². The number of hydrogen-bond donors (Lipinski definition) is 1. The molecule has 0 bridgehead atoms. The van der Waals surface area contributed by atoms with Gasteiger partial charge >= 0.3 is 5.97 Å². The lowest BCUT2D eigenvalue weighted by atomic mass is 9.71. The monoisotopic (exact) mass is 406 g/mol. The average molecular weight is 406 g/mol. The molecule has 0 radical (unpaired) electrons. The molecule has 1 atom stereocenters. The highest BCUT2D eigenvalue weighted by Crippen LogP contribution is 2.50. The first-order valence-corrected chi connectivity index (χ1v) is 10.4. The van der Waals surface area contributed by atoms with E-state index in [0.717, 1.165) is 36.8 Å². The maximum atomic E-state index is 13.6. The number of benzene rings is 2. The Morgan fingerprint density at radius 3 is 2.43 bits per heavy atom. The van der Waals surface area contributed by atoms with Crippen LogP contribution in [0.25, 0.3) is 0 Å². The molecule has 6 heteroatoms. The summed E-state index contributed by atoms with van der Waals surface area (Å²) < 4.78 is 4.67. The number of rotatable bonds is 5. The number of esters is 1. The molecule has 1 fully saturated rings. The van der Waals surface area contributed by atoms with Crippen LogP contribution in [0.15, 0.2) is 54.6 Å². The molecule has 1 saturated carbocycles. The Balaban J connectivity index is 1.77. The largest absolute Gasteiger partial charge is 0.468 e. The first-order chi connectivity index (χ1) is 14.6. The van der Waals surface area contributed by atoms with Crippen LogP contribution in [-0.4, -0.2) is 41.9 Å². The molecule has 0 saturated heterocycles. The minimum atomic E-state index is -0.596. The van der Waals surface area contributed by atoms with Crippen LogP contribution in [0.1, 0.15) is 53.1 Å². The highest BCUT2D eigenvalue weighted by molar-refractivity contribution is 6.02. The summed E-state index contributed by atoms with van der Waals surface area (Å²) in [7, 11) is 1.29. The van der Waals surface area contributed by atoms with Crippen LogP contribution < -0.4 is 5.32 Å². The van der Waals surface area contributed by atoms with Crippen molar-refractivity contribution in [3.05, 3.63) is 71.3 Å². The molecule has 1 aliphatic carbocycles. The molecule has 6 nitrogen and oxygen atoms in total. The van der Waals surface area contributed by atoms with Crippen molar-refractivity contribution in [1.29, 1.82) is 0 Å². The van der Waals surface area contributed by atoms with Crippen molar-refractivity contribution in [2.45, 2.75) is 43.7 Å². The fourth-order valence-electron chi connectivity index (χ4n) is 5.00. The third-order valence-corrected chi connectivity index (χ3v) is 6.37. The lowest BCUT2D eigenvalue weighted by Gasteiger charge is -2.50. The van der Waals surface area contributed by atoms with Gasteiger partial charge in [0.1, 0.15) is 6.54 Å². The van der Waals surface area contributed by atoms with Crippen molar-refractivity contribution >= 4 is 17.8 Å². The lowest BCUT2D eigenvalue weighted by Crippen LogP contribution is -2.60. The van der Waals surface area contributed by atoms with E-state index >= 15 is 0 Å². The summed E-state index contributed by atoms with van der Waals surface area (Å²) in [6, 6.07) is 17.2. The molecule has 1 N–H and O–H groups in total. The van der Waals surface area contributed by atoms with Crippen LogP contribution in [0.5, 0.6) is 0 Å². The predicted molar refractivity (Wildman–Crippen MR) is 112 cm³/mol. The normalized spacial score (nSPS) is 19.4. The SMILES string of the molecule is COC(=O)CNC(=O)C1c2ccccc2C(=O)N(Cc2ccccc2)C12CCCC2. The number of carbonyl (C=O) groups is 3. The first kappa shape index (κ1) is 20.1. The van der Waals surface area contributed by atoms with E-state index in [2.05, 4.69) is 10.1 Å². The van der Waals surface area contributed by atoms with Crippen molar-refractivity contribution < 1.29 is 19.1 Å². The summed E-state index contributed by atoms with van der Waals surface area (Å²) in [6.45, 7) is 0.269. The van der Waals surface area contributed by atoms with Gasteiger partial charge in [0.25, 0.3) is 5.91 Å². The Kier molecular flexibility index (Phi) is 5.57. The summed E-state index contributed by atoms with van der Waals surface area (Å²) >= 11 is 0. The summed E-state index contributed by atoms with van der Waals surface area (Å²) in [4.78, 5) is 40.5. The second-order valence-electron chi connectivity index (χ2n) is 8.00. The van der Waals surface area contributed by atoms with E-state index in [1.807, 2.05) is 53.4 Å². The van der Waals surface area contributed by atoms with Crippen LogP contribution >= 0.6 is 0 Å². The number of fused-ring (bicyclic) bond motifs is 1. The van der Waals surface area contributed by atoms with Gasteiger partial charge in [0.2, 0.25) is 5.91 Å². The maximum Gasteiger partial charge on any atom is 0.325 e. The van der Waals surface area contributed by atoms with E-state index in [0.29, 0.717) is 12.1 Å². The number of nitrogens with one attached hydrogen (secondary N) is 1. The number of hydrogen-bond acceptors (Lipinski definition) is 4. The third-order valence-electron chi connectivity index (χ3n) is 6.37. The Morgan fingerprint density at radius 2 is 1.73 bits per heavy atom. The molecule has 1 aliphatic heterocycles. The molecule has 2 aliphatic rings. The maximum absolute atomic E-state index is 13.6. The zero-order valence-electron chi connectivity index (χ0n) is 17.1. The Morgan fingerprint density at radius 1 is 1.07 bits per heavy atom. The van der Waals surface area contributed by atoms with Crippen molar-refractivity contribution in [3.8, 4) is 0 Å². The number of amides is 2. The Labute approximate surface area is 176 Å². The number of ether oxygens (including phenoxy) is 1. The van der Waals surface area contributed by atoms with Crippen molar-refractivity contribution in [1.82, 2.24) is 10.2 Å². The summed E-state index contributed by atoms with van der Waals surface area (Å²) in [5, 5.41) is 2.74. The van der Waals surface area contributed by atoms with Gasteiger partial charge in [-0.15, -0.1) is 0 Å². The molecule has 2 amide bonds. The molecule has 1 unspecified atom stereocenters. The van der Waals surface area contributed by atoms with Gasteiger partial charge in [-0.2, -0.15) is 0 Å². The standard InChI is InChI=1S/C24H26N2O4/c1-30-20(27)15-25-22(28)21-18-11-5-6-12-19(18)23(29)26(24(21)13-7-8-14-24)16-17-9-3-2-4-10-17/h2-6,9-12,21H,7-8,13-16H2,1H3,(H,25,28). The molecule has 1 spiro atoms. The Hall–Kier alpha value is -3.15. The van der Waals surface area contributed by atoms with Crippen molar-refractivity contribution in [3.63, 3.8) is 0 Å². The highest BCUT2D eigenvalue weighted by Gasteiger charge is 2.55. The van der Waals surface area contributed by atoms with Crippen LogP contribution in [0.4, 0.5) is 0 Å². The molecule has 156 valence electrons. The predicted octanol–water partition coefficient (Wildman–Crippen LogP) is 3.03. The van der Waals surface area contributed by atoms with Crippen LogP contribution in [0, 0.1) is 0 Å². The van der Waals surface area contributed by atoms with Gasteiger partial charge in [0.05, 0.1) is 18.6 Å². The van der Waals surface area contributed by atoms with Gasteiger partial charge in [-0.1, -0.05) is 61.4 Å². The first-order valence-electron chi connectivity index (χ1n) is 10.4. The molecule has 4 rings (SSSR count). The second-order valence-corrected chi connectivity index (χ2v) is 8.00. The van der Waals surface area contributed by atoms with Crippen molar-refractivity contribution in [2.75, 3.05) is 13.7 Å². The van der Waals surface area contributed by atoms with Gasteiger partial charge in [-0.25, -0.2) is 0 Å². The van der Waals surface area contributed by atoms with E-state index in [4.69, 9.17) is 0 Å². The average Bonchev–Trinajstić information content (AvgIpc) is 3.25. The quantitative estimate of drug-likeness (QED) is 0.775. The molecule has 2 aromatic carbocycles. The van der Waals surface area contributed by atoms with E-state index < -0.39 is 17.4 Å². The van der Waals surface area contributed by atoms with Crippen molar-refractivity contribution in [2.24, 2.45) is 0 Å². The van der Waals surface area contributed by atoms with Gasteiger partial charge in [-0.3, -0.25) is 14.4 Å². The number of carbonyl (C=O) groups excluding carboxylic acids is 3. The van der Waals surface area contributed by atoms with E-state index in [-0.39, 0.29) is 18.4 Å². The molecular formula is C24H26N2O4. The molecule has 30 heavy (non-hydrogen) atoms. The second kappa shape index (κ2) is 8.30. The third kappa shape index (κ3) is 3.47. The summed E-state index contributed by atoms with van der Waals surface area (Å²) in [5.74, 6) is -1.29. The van der Waals surface area contributed by atoms with E-state index in [1.54, 1.807) is 6.07 Å². The van der Waals surface area contributed by atoms with E-state index in [1.165, 1.54) is 7.11 Å². The zero-order chi connectivity index (χ0) is 21.1. The number of nitrogens with zero attached hydrogens (tertiary/aromatic N) is 1. The zero-order valence-corrected chi connectivity index (χ0v) is 17.1. The summed E-state index contributed by atoms with van der Waals surface area (Å²) in [5.41, 5.74) is 1.74. The lowest BCUT2D eigenvalue weighted by molar-refractivity contribution is -0.141. The molecule has 1 heterocycles. The van der Waals surface area contributed by atoms with E-state index in [9.17, 15) is 14.4 Å². The smallest absolute Gasteiger partial charge is 0.325 e. The Bertz CT molecular complexity index is 951. The molecule has 2 aromatic rings. The van der Waals surface area contributed by atoms with Crippen LogP contribution in [0.2, 0.25) is 0 Å². The minimum absolute atomic E-state index is 0.0339. The van der Waals surface area contributed by atoms with Gasteiger partial charge < -0.3 is 15.0 Å². The number of methoxy groups -OCH3 is 1. The van der Waals surface area contributed by atoms with Gasteiger partial charge in [-0.05, 0) is 30.0 Å². The fraction of sp³-hybridized carbons (Fsp3) is 0.375. The minimum Gasteiger partial charge on any atom is -0.468 e. The summed E-state index contributed by atoms with van der Waals surface area (Å²) in [6.07, 6.45) is 3.44. The molecule has 0 aromatic heterocycles. The van der Waals surface area contributed by atoms with Gasteiger partial charge in [0, 0.05) is 12.1 Å². The highest BCUT2D eigenvalue weighted by atomic mass is 16.5. The molecular weight excluding hydrogens is 380 g/mol. The van der Waals surface area contributed by atoms with Crippen LogP contribution in [0.3, 0.4) is 0 Å².